The van der Waals surface area contributed by atoms with Gasteiger partial charge in [0.2, 0.25) is 5.43 Å². The second kappa shape index (κ2) is 7.78. The lowest BCUT2D eigenvalue weighted by atomic mass is 10.1. The highest BCUT2D eigenvalue weighted by molar-refractivity contribution is 5.96. The molecule has 0 spiro atoms. The molecule has 4 aromatic rings. The molecule has 9 heteroatoms. The van der Waals surface area contributed by atoms with Crippen molar-refractivity contribution in [3.05, 3.63) is 64.1 Å². The minimum atomic E-state index is -0.371. The van der Waals surface area contributed by atoms with Crippen LogP contribution in [0.4, 0.5) is 0 Å². The third-order valence-corrected chi connectivity index (χ3v) is 4.76. The minimum Gasteiger partial charge on any atom is -0.352 e. The van der Waals surface area contributed by atoms with E-state index >= 15 is 0 Å². The van der Waals surface area contributed by atoms with Crippen LogP contribution in [0.3, 0.4) is 0 Å². The van der Waals surface area contributed by atoms with E-state index in [2.05, 4.69) is 25.4 Å². The molecule has 0 radical (unpaired) electrons. The van der Waals surface area contributed by atoms with Gasteiger partial charge in [-0.3, -0.25) is 9.59 Å². The Hall–Kier alpha value is -3.62. The fourth-order valence-electron chi connectivity index (χ4n) is 3.24. The van der Waals surface area contributed by atoms with Gasteiger partial charge in [-0.1, -0.05) is 0 Å². The first-order valence-electron chi connectivity index (χ1n) is 9.50. The first-order chi connectivity index (χ1) is 14.1. The standard InChI is InChI=1S/C20H21N7O2/c1-3-26-11-16(17(28)15-7-6-13(2)25-18(15)26)19(29)21-8-4-5-14-9-22-20-23-12-24-27(20)10-14/h6-7,9-12H,3-5,8H2,1-2H3,(H,21,29). The van der Waals surface area contributed by atoms with Crippen LogP contribution in [0.2, 0.25) is 0 Å². The van der Waals surface area contributed by atoms with E-state index < -0.39 is 0 Å². The summed E-state index contributed by atoms with van der Waals surface area (Å²) in [7, 11) is 0. The van der Waals surface area contributed by atoms with Gasteiger partial charge in [0.15, 0.2) is 0 Å². The van der Waals surface area contributed by atoms with Crippen molar-refractivity contribution < 1.29 is 4.79 Å². The number of pyridine rings is 2. The van der Waals surface area contributed by atoms with E-state index in [-0.39, 0.29) is 16.9 Å². The number of rotatable bonds is 6. The zero-order chi connectivity index (χ0) is 20.4. The molecule has 29 heavy (non-hydrogen) atoms. The number of fused-ring (bicyclic) bond motifs is 2. The zero-order valence-electron chi connectivity index (χ0n) is 16.3. The van der Waals surface area contributed by atoms with Gasteiger partial charge in [-0.15, -0.1) is 0 Å². The van der Waals surface area contributed by atoms with Crippen LogP contribution in [-0.2, 0) is 13.0 Å². The van der Waals surface area contributed by atoms with Gasteiger partial charge in [0.1, 0.15) is 17.5 Å². The Balaban J connectivity index is 1.45. The van der Waals surface area contributed by atoms with Gasteiger partial charge in [-0.2, -0.15) is 10.1 Å². The highest BCUT2D eigenvalue weighted by Crippen LogP contribution is 2.11. The summed E-state index contributed by atoms with van der Waals surface area (Å²) in [4.78, 5) is 38.1. The molecule has 0 saturated carbocycles. The monoisotopic (exact) mass is 391 g/mol. The Morgan fingerprint density at radius 1 is 1.21 bits per heavy atom. The number of aromatic nitrogens is 6. The van der Waals surface area contributed by atoms with E-state index in [0.29, 0.717) is 36.3 Å². The highest BCUT2D eigenvalue weighted by atomic mass is 16.2. The molecule has 0 aromatic carbocycles. The lowest BCUT2D eigenvalue weighted by Crippen LogP contribution is -2.31. The lowest BCUT2D eigenvalue weighted by Gasteiger charge is -2.11. The number of carbonyl (C=O) groups is 1. The van der Waals surface area contributed by atoms with E-state index in [9.17, 15) is 9.59 Å². The van der Waals surface area contributed by atoms with Crippen LogP contribution in [0.1, 0.15) is 35.0 Å². The molecule has 0 aliphatic carbocycles. The van der Waals surface area contributed by atoms with Crippen LogP contribution in [0.25, 0.3) is 16.8 Å². The zero-order valence-corrected chi connectivity index (χ0v) is 16.3. The molecule has 4 rings (SSSR count). The van der Waals surface area contributed by atoms with Crippen LogP contribution in [0, 0.1) is 6.92 Å². The van der Waals surface area contributed by atoms with Crippen molar-refractivity contribution in [1.82, 2.24) is 34.4 Å². The van der Waals surface area contributed by atoms with Crippen molar-refractivity contribution in [2.45, 2.75) is 33.2 Å². The van der Waals surface area contributed by atoms with E-state index in [4.69, 9.17) is 0 Å². The Kier molecular flexibility index (Phi) is 5.03. The quantitative estimate of drug-likeness (QED) is 0.500. The highest BCUT2D eigenvalue weighted by Gasteiger charge is 2.15. The fourth-order valence-corrected chi connectivity index (χ4v) is 3.24. The fraction of sp³-hybridized carbons (Fsp3) is 0.300. The molecule has 0 bridgehead atoms. The van der Waals surface area contributed by atoms with Gasteiger partial charge in [-0.05, 0) is 44.4 Å². The normalized spacial score (nSPS) is 11.2. The number of carbonyl (C=O) groups excluding carboxylic acids is 1. The predicted octanol–water partition coefficient (Wildman–Crippen LogP) is 1.53. The molecule has 4 heterocycles. The van der Waals surface area contributed by atoms with Crippen molar-refractivity contribution in [1.29, 1.82) is 0 Å². The Morgan fingerprint density at radius 2 is 2.07 bits per heavy atom. The van der Waals surface area contributed by atoms with Crippen molar-refractivity contribution >= 4 is 22.7 Å². The number of aryl methyl sites for hydroxylation is 3. The summed E-state index contributed by atoms with van der Waals surface area (Å²) in [5.74, 6) is 0.180. The van der Waals surface area contributed by atoms with Gasteiger partial charge in [0.05, 0.1) is 5.39 Å². The Bertz CT molecular complexity index is 1260. The van der Waals surface area contributed by atoms with E-state index in [0.717, 1.165) is 17.7 Å². The van der Waals surface area contributed by atoms with Crippen LogP contribution < -0.4 is 10.7 Å². The third kappa shape index (κ3) is 3.71. The molecule has 0 saturated heterocycles. The summed E-state index contributed by atoms with van der Waals surface area (Å²) >= 11 is 0. The maximum atomic E-state index is 12.8. The molecule has 1 amide bonds. The largest absolute Gasteiger partial charge is 0.352 e. The molecule has 0 unspecified atom stereocenters. The van der Waals surface area contributed by atoms with Crippen LogP contribution in [0.5, 0.6) is 0 Å². The second-order valence-corrected chi connectivity index (χ2v) is 6.81. The molecule has 148 valence electrons. The van der Waals surface area contributed by atoms with Gasteiger partial charge < -0.3 is 9.88 Å². The van der Waals surface area contributed by atoms with Gasteiger partial charge in [0.25, 0.3) is 11.7 Å². The molecule has 1 N–H and O–H groups in total. The number of nitrogens with zero attached hydrogens (tertiary/aromatic N) is 6. The molecule has 0 aliphatic heterocycles. The molecular weight excluding hydrogens is 370 g/mol. The molecule has 0 atom stereocenters. The molecular formula is C20H21N7O2. The summed E-state index contributed by atoms with van der Waals surface area (Å²) in [5, 5.41) is 7.36. The van der Waals surface area contributed by atoms with E-state index in [1.165, 1.54) is 6.33 Å². The van der Waals surface area contributed by atoms with Crippen LogP contribution in [0.15, 0.2) is 41.8 Å². The first-order valence-corrected chi connectivity index (χ1v) is 9.50. The molecule has 0 fully saturated rings. The number of hydrogen-bond acceptors (Lipinski definition) is 6. The van der Waals surface area contributed by atoms with Crippen molar-refractivity contribution in [2.24, 2.45) is 0 Å². The molecule has 0 aliphatic rings. The minimum absolute atomic E-state index is 0.135. The summed E-state index contributed by atoms with van der Waals surface area (Å²) in [6, 6.07) is 3.52. The topological polar surface area (TPSA) is 107 Å². The molecule has 9 nitrogen and oxygen atoms in total. The van der Waals surface area contributed by atoms with Crippen LogP contribution >= 0.6 is 0 Å². The second-order valence-electron chi connectivity index (χ2n) is 6.81. The smallest absolute Gasteiger partial charge is 0.256 e. The summed E-state index contributed by atoms with van der Waals surface area (Å²) < 4.78 is 3.45. The Morgan fingerprint density at radius 3 is 2.90 bits per heavy atom. The average molecular weight is 391 g/mol. The summed E-state index contributed by atoms with van der Waals surface area (Å²) in [5.41, 5.74) is 2.27. The van der Waals surface area contributed by atoms with E-state index in [1.54, 1.807) is 29.0 Å². The first kappa shape index (κ1) is 18.7. The van der Waals surface area contributed by atoms with Gasteiger partial charge in [0, 0.05) is 37.4 Å². The van der Waals surface area contributed by atoms with Crippen molar-refractivity contribution in [3.63, 3.8) is 0 Å². The number of hydrogen-bond donors (Lipinski definition) is 1. The number of nitrogens with one attached hydrogen (secondary N) is 1. The van der Waals surface area contributed by atoms with Crippen molar-refractivity contribution in [3.8, 4) is 0 Å². The Labute approximate surface area is 166 Å². The summed E-state index contributed by atoms with van der Waals surface area (Å²) in [6.45, 7) is 4.89. The predicted molar refractivity (Wildman–Crippen MR) is 108 cm³/mol. The third-order valence-electron chi connectivity index (χ3n) is 4.76. The van der Waals surface area contributed by atoms with Crippen molar-refractivity contribution in [2.75, 3.05) is 6.54 Å². The molecule has 4 aromatic heterocycles. The maximum absolute atomic E-state index is 12.8. The van der Waals surface area contributed by atoms with Gasteiger partial charge >= 0.3 is 0 Å². The number of amides is 1. The van der Waals surface area contributed by atoms with Gasteiger partial charge in [-0.25, -0.2) is 14.5 Å². The average Bonchev–Trinajstić information content (AvgIpc) is 3.19. The lowest BCUT2D eigenvalue weighted by molar-refractivity contribution is 0.0951. The van der Waals surface area contributed by atoms with E-state index in [1.807, 2.05) is 24.6 Å². The SMILES string of the molecule is CCn1cc(C(=O)NCCCc2cnc3ncnn3c2)c(=O)c2ccc(C)nc21. The van der Waals surface area contributed by atoms with Crippen LogP contribution in [-0.4, -0.2) is 41.6 Å². The maximum Gasteiger partial charge on any atom is 0.256 e. The summed E-state index contributed by atoms with van der Waals surface area (Å²) in [6.07, 6.45) is 8.11.